The molecule has 2 aromatic carbocycles. The van der Waals surface area contributed by atoms with Crippen LogP contribution in [0.15, 0.2) is 48.5 Å². The van der Waals surface area contributed by atoms with Crippen LogP contribution in [0.5, 0.6) is 0 Å². The molecule has 0 fully saturated rings. The van der Waals surface area contributed by atoms with Gasteiger partial charge in [0.2, 0.25) is 0 Å². The molecule has 2 rings (SSSR count). The van der Waals surface area contributed by atoms with Crippen LogP contribution in [0, 0.1) is 6.92 Å². The molecule has 0 aromatic heterocycles. The highest BCUT2D eigenvalue weighted by atomic mass is 14.8. The van der Waals surface area contributed by atoms with Crippen molar-refractivity contribution in [3.8, 4) is 0 Å². The molecule has 0 radical (unpaired) electrons. The molecule has 1 nitrogen and oxygen atoms in total. The summed E-state index contributed by atoms with van der Waals surface area (Å²) in [6.07, 6.45) is 0. The average Bonchev–Trinajstić information content (AvgIpc) is 2.41. The lowest BCUT2D eigenvalue weighted by Gasteiger charge is -2.21. The van der Waals surface area contributed by atoms with E-state index >= 15 is 0 Å². The first kappa shape index (κ1) is 14.8. The Morgan fingerprint density at radius 3 is 2.25 bits per heavy atom. The maximum Gasteiger partial charge on any atom is 0.0211 e. The van der Waals surface area contributed by atoms with Crippen LogP contribution < -0.4 is 5.32 Å². The minimum Gasteiger partial charge on any atom is -0.309 e. The number of nitrogens with one attached hydrogen (secondary N) is 1. The molecule has 0 saturated heterocycles. The summed E-state index contributed by atoms with van der Waals surface area (Å²) in [6, 6.07) is 17.4. The van der Waals surface area contributed by atoms with Crippen molar-refractivity contribution < 1.29 is 0 Å². The first-order chi connectivity index (χ1) is 9.47. The van der Waals surface area contributed by atoms with Crippen molar-refractivity contribution >= 4 is 0 Å². The monoisotopic (exact) mass is 267 g/mol. The van der Waals surface area contributed by atoms with E-state index in [-0.39, 0.29) is 5.41 Å². The van der Waals surface area contributed by atoms with Gasteiger partial charge in [0.15, 0.2) is 0 Å². The van der Waals surface area contributed by atoms with Gasteiger partial charge < -0.3 is 5.32 Å². The van der Waals surface area contributed by atoms with E-state index in [1.165, 1.54) is 22.3 Å². The lowest BCUT2D eigenvalue weighted by atomic mass is 9.85. The van der Waals surface area contributed by atoms with Crippen molar-refractivity contribution in [1.82, 2.24) is 5.32 Å². The van der Waals surface area contributed by atoms with Gasteiger partial charge in [0, 0.05) is 13.1 Å². The second kappa shape index (κ2) is 6.23. The van der Waals surface area contributed by atoms with Crippen molar-refractivity contribution in [2.24, 2.45) is 0 Å². The van der Waals surface area contributed by atoms with Crippen LogP contribution in [0.4, 0.5) is 0 Å². The molecule has 0 heterocycles. The third-order valence-electron chi connectivity index (χ3n) is 3.70. The Labute approximate surface area is 123 Å². The van der Waals surface area contributed by atoms with Gasteiger partial charge in [-0.3, -0.25) is 0 Å². The highest BCUT2D eigenvalue weighted by Crippen LogP contribution is 2.24. The van der Waals surface area contributed by atoms with Gasteiger partial charge in [0.25, 0.3) is 0 Å². The number of benzene rings is 2. The number of hydrogen-bond acceptors (Lipinski definition) is 1. The zero-order chi connectivity index (χ0) is 14.6. The second-order valence-electron chi connectivity index (χ2n) is 6.48. The van der Waals surface area contributed by atoms with Crippen LogP contribution in [0.1, 0.15) is 43.0 Å². The molecule has 0 spiro atoms. The van der Waals surface area contributed by atoms with Gasteiger partial charge in [-0.15, -0.1) is 0 Å². The van der Waals surface area contributed by atoms with Crippen LogP contribution >= 0.6 is 0 Å². The molecule has 0 bridgehead atoms. The SMILES string of the molecule is Cc1ccc(C(C)(C)C)cc1CNCc1ccccc1. The van der Waals surface area contributed by atoms with E-state index in [1.54, 1.807) is 0 Å². The average molecular weight is 267 g/mol. The molecule has 106 valence electrons. The van der Waals surface area contributed by atoms with Crippen LogP contribution in [-0.2, 0) is 18.5 Å². The Morgan fingerprint density at radius 2 is 1.60 bits per heavy atom. The highest BCUT2D eigenvalue weighted by molar-refractivity contribution is 5.34. The Morgan fingerprint density at radius 1 is 0.900 bits per heavy atom. The summed E-state index contributed by atoms with van der Waals surface area (Å²) >= 11 is 0. The van der Waals surface area contributed by atoms with Crippen molar-refractivity contribution in [2.75, 3.05) is 0 Å². The molecule has 0 aliphatic carbocycles. The fraction of sp³-hybridized carbons (Fsp3) is 0.368. The highest BCUT2D eigenvalue weighted by Gasteiger charge is 2.14. The van der Waals surface area contributed by atoms with E-state index in [4.69, 9.17) is 0 Å². The van der Waals surface area contributed by atoms with Crippen molar-refractivity contribution in [1.29, 1.82) is 0 Å². The summed E-state index contributed by atoms with van der Waals surface area (Å²) in [7, 11) is 0. The molecular formula is C19H25N. The van der Waals surface area contributed by atoms with E-state index in [9.17, 15) is 0 Å². The predicted octanol–water partition coefficient (Wildman–Crippen LogP) is 4.58. The molecule has 20 heavy (non-hydrogen) atoms. The van der Waals surface area contributed by atoms with Gasteiger partial charge in [0.1, 0.15) is 0 Å². The summed E-state index contributed by atoms with van der Waals surface area (Å²) in [4.78, 5) is 0. The van der Waals surface area contributed by atoms with Gasteiger partial charge in [-0.25, -0.2) is 0 Å². The summed E-state index contributed by atoms with van der Waals surface area (Å²) in [5.41, 5.74) is 5.70. The molecule has 0 amide bonds. The Kier molecular flexibility index (Phi) is 4.61. The standard InChI is InChI=1S/C19H25N/c1-15-10-11-18(19(2,3)4)12-17(15)14-20-13-16-8-6-5-7-9-16/h5-12,20H,13-14H2,1-4H3. The minimum absolute atomic E-state index is 0.210. The minimum atomic E-state index is 0.210. The fourth-order valence-electron chi connectivity index (χ4n) is 2.27. The maximum absolute atomic E-state index is 3.54. The molecule has 0 atom stereocenters. The topological polar surface area (TPSA) is 12.0 Å². The van der Waals surface area contributed by atoms with E-state index in [1.807, 2.05) is 0 Å². The van der Waals surface area contributed by atoms with Gasteiger partial charge in [-0.05, 0) is 34.6 Å². The van der Waals surface area contributed by atoms with Crippen LogP contribution in [0.3, 0.4) is 0 Å². The van der Waals surface area contributed by atoms with Gasteiger partial charge in [-0.2, -0.15) is 0 Å². The van der Waals surface area contributed by atoms with Gasteiger partial charge in [-0.1, -0.05) is 69.3 Å². The first-order valence-corrected chi connectivity index (χ1v) is 7.31. The lowest BCUT2D eigenvalue weighted by Crippen LogP contribution is -2.16. The van der Waals surface area contributed by atoms with Crippen molar-refractivity contribution in [3.63, 3.8) is 0 Å². The summed E-state index contributed by atoms with van der Waals surface area (Å²) in [5, 5.41) is 3.54. The van der Waals surface area contributed by atoms with E-state index in [0.29, 0.717) is 0 Å². The lowest BCUT2D eigenvalue weighted by molar-refractivity contribution is 0.587. The Bertz CT molecular complexity index is 550. The second-order valence-corrected chi connectivity index (χ2v) is 6.48. The molecule has 0 aliphatic rings. The van der Waals surface area contributed by atoms with Crippen molar-refractivity contribution in [3.05, 3.63) is 70.8 Å². The molecular weight excluding hydrogens is 242 g/mol. The Hall–Kier alpha value is -1.60. The first-order valence-electron chi connectivity index (χ1n) is 7.31. The quantitative estimate of drug-likeness (QED) is 0.855. The predicted molar refractivity (Wildman–Crippen MR) is 86.9 cm³/mol. The summed E-state index contributed by atoms with van der Waals surface area (Å²) in [6.45, 7) is 10.8. The normalized spacial score (nSPS) is 11.6. The van der Waals surface area contributed by atoms with Crippen LogP contribution in [-0.4, -0.2) is 0 Å². The number of hydrogen-bond donors (Lipinski definition) is 1. The summed E-state index contributed by atoms with van der Waals surface area (Å²) in [5.74, 6) is 0. The molecule has 2 aromatic rings. The zero-order valence-electron chi connectivity index (χ0n) is 13.0. The largest absolute Gasteiger partial charge is 0.309 e. The van der Waals surface area contributed by atoms with Crippen LogP contribution in [0.25, 0.3) is 0 Å². The molecule has 1 heteroatoms. The molecule has 0 saturated carbocycles. The van der Waals surface area contributed by atoms with Crippen molar-refractivity contribution in [2.45, 2.75) is 46.2 Å². The number of rotatable bonds is 4. The fourth-order valence-corrected chi connectivity index (χ4v) is 2.27. The van der Waals surface area contributed by atoms with E-state index in [0.717, 1.165) is 13.1 Å². The van der Waals surface area contributed by atoms with E-state index in [2.05, 4.69) is 81.5 Å². The van der Waals surface area contributed by atoms with E-state index < -0.39 is 0 Å². The van der Waals surface area contributed by atoms with Crippen LogP contribution in [0.2, 0.25) is 0 Å². The number of aryl methyl sites for hydroxylation is 1. The maximum atomic E-state index is 3.54. The third-order valence-corrected chi connectivity index (χ3v) is 3.70. The molecule has 0 unspecified atom stereocenters. The zero-order valence-corrected chi connectivity index (χ0v) is 13.0. The molecule has 1 N–H and O–H groups in total. The Balaban J connectivity index is 2.02. The van der Waals surface area contributed by atoms with Gasteiger partial charge >= 0.3 is 0 Å². The molecule has 0 aliphatic heterocycles. The third kappa shape index (κ3) is 3.94. The smallest absolute Gasteiger partial charge is 0.0211 e. The summed E-state index contributed by atoms with van der Waals surface area (Å²) < 4.78 is 0. The van der Waals surface area contributed by atoms with Gasteiger partial charge in [0.05, 0.1) is 0 Å².